The summed E-state index contributed by atoms with van der Waals surface area (Å²) in [5.41, 5.74) is 0. The fourth-order valence-corrected chi connectivity index (χ4v) is 4.27. The summed E-state index contributed by atoms with van der Waals surface area (Å²) in [4.78, 5) is 23.4. The van der Waals surface area contributed by atoms with E-state index in [0.717, 1.165) is 19.3 Å². The van der Waals surface area contributed by atoms with E-state index < -0.39 is 25.9 Å². The van der Waals surface area contributed by atoms with Crippen molar-refractivity contribution in [2.45, 2.75) is 97.6 Å². The van der Waals surface area contributed by atoms with Crippen LogP contribution in [0.4, 0.5) is 0 Å². The molecule has 8 nitrogen and oxygen atoms in total. The standard InChI is InChI=1S/C24H44NO7P/c1-6-9-10-11-12-13-14-15-16-17-24(32-22(5)27)23(25-21(4)26)20-31-33(28,29-18-7-2)30-19-8-3/h7,16-17,23-24H,2,6,8-15,18-20H2,1,3-5H3,(H,25,26)/b17-16+. The Morgan fingerprint density at radius 1 is 0.970 bits per heavy atom. The van der Waals surface area contributed by atoms with E-state index in [1.807, 2.05) is 13.0 Å². The number of allylic oxidation sites excluding steroid dienone is 1. The predicted molar refractivity (Wildman–Crippen MR) is 131 cm³/mol. The zero-order valence-electron chi connectivity index (χ0n) is 20.9. The Hall–Kier alpha value is -1.47. The molecular formula is C24H44NO7P. The molecule has 0 saturated carbocycles. The molecule has 0 heterocycles. The number of phosphoric ester groups is 1. The molecule has 33 heavy (non-hydrogen) atoms. The highest BCUT2D eigenvalue weighted by Gasteiger charge is 2.31. The molecular weight excluding hydrogens is 445 g/mol. The molecule has 0 aliphatic heterocycles. The zero-order chi connectivity index (χ0) is 25.0. The van der Waals surface area contributed by atoms with Crippen molar-refractivity contribution in [1.29, 1.82) is 0 Å². The minimum Gasteiger partial charge on any atom is -0.456 e. The van der Waals surface area contributed by atoms with E-state index in [-0.39, 0.29) is 25.7 Å². The third-order valence-corrected chi connectivity index (χ3v) is 6.03. The van der Waals surface area contributed by atoms with Crippen LogP contribution in [0.25, 0.3) is 0 Å². The number of esters is 1. The third kappa shape index (κ3) is 17.6. The molecule has 0 aromatic heterocycles. The zero-order valence-corrected chi connectivity index (χ0v) is 21.8. The summed E-state index contributed by atoms with van der Waals surface area (Å²) in [6, 6.07) is -0.762. The van der Waals surface area contributed by atoms with Crippen LogP contribution in [0.3, 0.4) is 0 Å². The molecule has 1 amide bonds. The van der Waals surface area contributed by atoms with Crippen LogP contribution in [0, 0.1) is 0 Å². The fraction of sp³-hybridized carbons (Fsp3) is 0.750. The molecule has 0 rings (SSSR count). The number of carbonyl (C=O) groups is 2. The van der Waals surface area contributed by atoms with E-state index in [1.54, 1.807) is 6.08 Å². The Morgan fingerprint density at radius 3 is 2.21 bits per heavy atom. The van der Waals surface area contributed by atoms with Crippen LogP contribution in [0.15, 0.2) is 24.8 Å². The monoisotopic (exact) mass is 489 g/mol. The molecule has 0 aliphatic carbocycles. The normalized spacial score (nSPS) is 15.0. The van der Waals surface area contributed by atoms with Gasteiger partial charge in [0.05, 0.1) is 25.9 Å². The Labute approximate surface area is 200 Å². The minimum atomic E-state index is -3.86. The number of hydrogen-bond donors (Lipinski definition) is 1. The number of unbranched alkanes of at least 4 members (excludes halogenated alkanes) is 7. The molecule has 0 aromatic carbocycles. The Kier molecular flexibility index (Phi) is 19.1. The van der Waals surface area contributed by atoms with Crippen molar-refractivity contribution in [3.63, 3.8) is 0 Å². The highest BCUT2D eigenvalue weighted by atomic mass is 31.2. The Morgan fingerprint density at radius 2 is 1.64 bits per heavy atom. The molecule has 9 heteroatoms. The molecule has 0 aliphatic rings. The first-order chi connectivity index (χ1) is 15.8. The maximum atomic E-state index is 12.8. The first-order valence-corrected chi connectivity index (χ1v) is 13.5. The van der Waals surface area contributed by atoms with Crippen LogP contribution in [0.1, 0.15) is 85.5 Å². The lowest BCUT2D eigenvalue weighted by molar-refractivity contribution is -0.146. The molecule has 0 saturated heterocycles. The van der Waals surface area contributed by atoms with Gasteiger partial charge in [-0.25, -0.2) is 4.57 Å². The summed E-state index contributed by atoms with van der Waals surface area (Å²) in [5.74, 6) is -0.832. The Bertz CT molecular complexity index is 624. The van der Waals surface area contributed by atoms with Gasteiger partial charge in [0.15, 0.2) is 0 Å². The summed E-state index contributed by atoms with van der Waals surface area (Å²) in [5, 5.41) is 2.71. The summed E-state index contributed by atoms with van der Waals surface area (Å²) >= 11 is 0. The van der Waals surface area contributed by atoms with Crippen molar-refractivity contribution in [3.8, 4) is 0 Å². The molecule has 3 unspecified atom stereocenters. The largest absolute Gasteiger partial charge is 0.475 e. The van der Waals surface area contributed by atoms with Crippen LogP contribution in [-0.2, 0) is 32.5 Å². The number of hydrogen-bond acceptors (Lipinski definition) is 7. The lowest BCUT2D eigenvalue weighted by atomic mass is 10.1. The molecule has 0 radical (unpaired) electrons. The highest BCUT2D eigenvalue weighted by molar-refractivity contribution is 7.48. The quantitative estimate of drug-likeness (QED) is 0.0931. The van der Waals surface area contributed by atoms with Crippen molar-refractivity contribution in [3.05, 3.63) is 24.8 Å². The SMILES string of the molecule is C=CCOP(=O)(OCCC)OCC(NC(C)=O)C(/C=C/CCCCCCCCC)OC(C)=O. The van der Waals surface area contributed by atoms with Crippen LogP contribution >= 0.6 is 7.82 Å². The second-order valence-corrected chi connectivity index (χ2v) is 9.55. The van der Waals surface area contributed by atoms with Gasteiger partial charge in [-0.1, -0.05) is 64.5 Å². The molecule has 0 aromatic rings. The summed E-state index contributed by atoms with van der Waals surface area (Å²) < 4.78 is 34.2. The van der Waals surface area contributed by atoms with Crippen molar-refractivity contribution in [1.82, 2.24) is 5.32 Å². The summed E-state index contributed by atoms with van der Waals surface area (Å²) in [6.07, 6.45) is 14.2. The number of nitrogens with one attached hydrogen (secondary N) is 1. The summed E-state index contributed by atoms with van der Waals surface area (Å²) in [7, 11) is -3.86. The van der Waals surface area contributed by atoms with Crippen LogP contribution in [-0.4, -0.2) is 43.8 Å². The highest BCUT2D eigenvalue weighted by Crippen LogP contribution is 2.49. The molecule has 1 N–H and O–H groups in total. The Balaban J connectivity index is 5.05. The summed E-state index contributed by atoms with van der Waals surface area (Å²) in [6.45, 7) is 10.2. The number of carbonyl (C=O) groups excluding carboxylic acids is 2. The van der Waals surface area contributed by atoms with E-state index in [2.05, 4.69) is 18.8 Å². The minimum absolute atomic E-state index is 0.0164. The van der Waals surface area contributed by atoms with Gasteiger partial charge in [0.1, 0.15) is 6.10 Å². The van der Waals surface area contributed by atoms with Gasteiger partial charge in [-0.2, -0.15) is 0 Å². The van der Waals surface area contributed by atoms with Gasteiger partial charge in [0, 0.05) is 13.8 Å². The smallest absolute Gasteiger partial charge is 0.456 e. The average molecular weight is 490 g/mol. The van der Waals surface area contributed by atoms with Gasteiger partial charge in [-0.05, 0) is 25.3 Å². The topological polar surface area (TPSA) is 100 Å². The van der Waals surface area contributed by atoms with Crippen LogP contribution in [0.2, 0.25) is 0 Å². The van der Waals surface area contributed by atoms with Crippen LogP contribution < -0.4 is 5.32 Å². The van der Waals surface area contributed by atoms with E-state index in [4.69, 9.17) is 18.3 Å². The number of amides is 1. The fourth-order valence-electron chi connectivity index (χ4n) is 3.01. The van der Waals surface area contributed by atoms with Crippen molar-refractivity contribution in [2.24, 2.45) is 0 Å². The van der Waals surface area contributed by atoms with E-state index in [1.165, 1.54) is 52.0 Å². The van der Waals surface area contributed by atoms with E-state index >= 15 is 0 Å². The van der Waals surface area contributed by atoms with Gasteiger partial charge in [-0.3, -0.25) is 23.2 Å². The van der Waals surface area contributed by atoms with Gasteiger partial charge in [-0.15, -0.1) is 6.58 Å². The van der Waals surface area contributed by atoms with E-state index in [0.29, 0.717) is 6.42 Å². The second kappa shape index (κ2) is 20.0. The first kappa shape index (κ1) is 31.5. The lowest BCUT2D eigenvalue weighted by Crippen LogP contribution is -2.46. The van der Waals surface area contributed by atoms with Crippen molar-refractivity contribution >= 4 is 19.7 Å². The molecule has 3 atom stereocenters. The number of phosphoric acid groups is 1. The van der Waals surface area contributed by atoms with Crippen LogP contribution in [0.5, 0.6) is 0 Å². The predicted octanol–water partition coefficient (Wildman–Crippen LogP) is 5.87. The molecule has 0 spiro atoms. The average Bonchev–Trinajstić information content (AvgIpc) is 2.77. The van der Waals surface area contributed by atoms with Gasteiger partial charge >= 0.3 is 13.8 Å². The van der Waals surface area contributed by atoms with Crippen molar-refractivity contribution in [2.75, 3.05) is 19.8 Å². The van der Waals surface area contributed by atoms with Gasteiger partial charge in [0.2, 0.25) is 5.91 Å². The maximum Gasteiger partial charge on any atom is 0.475 e. The first-order valence-electron chi connectivity index (χ1n) is 12.0. The lowest BCUT2D eigenvalue weighted by Gasteiger charge is -2.26. The number of ether oxygens (including phenoxy) is 1. The van der Waals surface area contributed by atoms with Gasteiger partial charge in [0.25, 0.3) is 0 Å². The number of rotatable bonds is 21. The maximum absolute atomic E-state index is 12.8. The molecule has 0 fully saturated rings. The van der Waals surface area contributed by atoms with Gasteiger partial charge < -0.3 is 10.1 Å². The van der Waals surface area contributed by atoms with E-state index in [9.17, 15) is 14.2 Å². The third-order valence-electron chi connectivity index (χ3n) is 4.60. The van der Waals surface area contributed by atoms with Crippen molar-refractivity contribution < 1.29 is 32.5 Å². The molecule has 192 valence electrons. The second-order valence-electron chi connectivity index (χ2n) is 7.88. The molecule has 0 bridgehead atoms.